The highest BCUT2D eigenvalue weighted by Crippen LogP contribution is 2.27. The molecule has 0 saturated carbocycles. The summed E-state index contributed by atoms with van der Waals surface area (Å²) in [6.07, 6.45) is 1.14. The molecule has 320 valence electrons. The first kappa shape index (κ1) is 47.5. The minimum atomic E-state index is -1.47. The van der Waals surface area contributed by atoms with Crippen molar-refractivity contribution in [1.82, 2.24) is 9.80 Å². The fourth-order valence-corrected chi connectivity index (χ4v) is 6.86. The van der Waals surface area contributed by atoms with E-state index >= 15 is 0 Å². The first-order valence-corrected chi connectivity index (χ1v) is 20.9. The lowest BCUT2D eigenvalue weighted by Crippen LogP contribution is -2.50. The zero-order valence-electron chi connectivity index (χ0n) is 36.0. The minimum absolute atomic E-state index is 0.215. The number of carbonyl (C=O) groups is 4. The van der Waals surface area contributed by atoms with Crippen LogP contribution in [0.2, 0.25) is 0 Å². The van der Waals surface area contributed by atoms with E-state index in [2.05, 4.69) is 62.1 Å². The molecule has 0 spiro atoms. The molecule has 2 saturated heterocycles. The lowest BCUT2D eigenvalue weighted by Gasteiger charge is -2.36. The van der Waals surface area contributed by atoms with E-state index in [4.69, 9.17) is 19.5 Å². The molecule has 0 aromatic heterocycles. The number of amides is 2. The maximum Gasteiger partial charge on any atom is 0.488 e. The maximum atomic E-state index is 12.2. The van der Waals surface area contributed by atoms with Gasteiger partial charge < -0.3 is 39.1 Å². The summed E-state index contributed by atoms with van der Waals surface area (Å²) in [5, 5.41) is 17.7. The molecular formula is C46H58BBrN4O8. The number of hydrogen-bond acceptors (Lipinski definition) is 10. The van der Waals surface area contributed by atoms with Crippen LogP contribution in [0, 0.1) is 13.8 Å². The van der Waals surface area contributed by atoms with E-state index in [1.165, 1.54) is 11.8 Å². The van der Waals surface area contributed by atoms with E-state index in [0.717, 1.165) is 65.6 Å². The van der Waals surface area contributed by atoms with Gasteiger partial charge in [0.15, 0.2) is 0 Å². The second-order valence-corrected chi connectivity index (χ2v) is 17.6. The molecule has 2 fully saturated rings. The smallest absolute Gasteiger partial charge is 0.444 e. The number of aldehydes is 2. The first-order chi connectivity index (χ1) is 28.3. The van der Waals surface area contributed by atoms with E-state index in [-0.39, 0.29) is 12.2 Å². The van der Waals surface area contributed by atoms with E-state index in [9.17, 15) is 19.2 Å². The van der Waals surface area contributed by atoms with Crippen LogP contribution in [0.5, 0.6) is 0 Å². The van der Waals surface area contributed by atoms with Crippen molar-refractivity contribution in [3.63, 3.8) is 0 Å². The maximum absolute atomic E-state index is 12.2. The van der Waals surface area contributed by atoms with Crippen LogP contribution in [0.25, 0.3) is 11.1 Å². The van der Waals surface area contributed by atoms with Gasteiger partial charge >= 0.3 is 19.3 Å². The molecule has 12 nitrogen and oxygen atoms in total. The molecule has 0 radical (unpaired) electrons. The molecular weight excluding hydrogens is 827 g/mol. The number of benzene rings is 4. The third kappa shape index (κ3) is 14.5. The Morgan fingerprint density at radius 2 is 1.00 bits per heavy atom. The average Bonchev–Trinajstić information content (AvgIpc) is 3.20. The zero-order valence-corrected chi connectivity index (χ0v) is 37.6. The third-order valence-corrected chi connectivity index (χ3v) is 10.2. The Morgan fingerprint density at radius 1 is 0.600 bits per heavy atom. The Bertz CT molecular complexity index is 2050. The molecule has 60 heavy (non-hydrogen) atoms. The molecule has 2 heterocycles. The van der Waals surface area contributed by atoms with Crippen LogP contribution in [0.3, 0.4) is 0 Å². The number of piperazine rings is 2. The van der Waals surface area contributed by atoms with Gasteiger partial charge in [-0.05, 0) is 126 Å². The van der Waals surface area contributed by atoms with Crippen molar-refractivity contribution in [3.05, 3.63) is 112 Å². The highest BCUT2D eigenvalue weighted by atomic mass is 79.9. The third-order valence-electron chi connectivity index (χ3n) is 9.69. The summed E-state index contributed by atoms with van der Waals surface area (Å²) in [6.45, 7) is 21.0. The first-order valence-electron chi connectivity index (χ1n) is 20.1. The van der Waals surface area contributed by atoms with Crippen LogP contribution in [0.1, 0.15) is 73.4 Å². The van der Waals surface area contributed by atoms with Crippen LogP contribution in [-0.2, 0) is 9.47 Å². The fraction of sp³-hybridized carbons (Fsp3) is 0.391. The van der Waals surface area contributed by atoms with Crippen molar-refractivity contribution >= 4 is 64.6 Å². The van der Waals surface area contributed by atoms with Crippen molar-refractivity contribution < 1.29 is 38.7 Å². The van der Waals surface area contributed by atoms with E-state index in [0.29, 0.717) is 48.3 Å². The lowest BCUT2D eigenvalue weighted by atomic mass is 9.77. The topological polar surface area (TPSA) is 140 Å². The second-order valence-electron chi connectivity index (χ2n) is 16.7. The largest absolute Gasteiger partial charge is 0.488 e. The number of ether oxygens (including phenoxy) is 2. The van der Waals surface area contributed by atoms with Gasteiger partial charge in [-0.1, -0.05) is 57.9 Å². The van der Waals surface area contributed by atoms with Crippen LogP contribution in [0.4, 0.5) is 21.0 Å². The number of aryl methyl sites for hydroxylation is 2. The average molecular weight is 886 g/mol. The number of anilines is 2. The zero-order chi connectivity index (χ0) is 44.2. The summed E-state index contributed by atoms with van der Waals surface area (Å²) in [6, 6.07) is 27.2. The Balaban J connectivity index is 0.000000216. The Labute approximate surface area is 363 Å². The monoisotopic (exact) mass is 884 g/mol. The molecule has 0 atom stereocenters. The molecule has 6 rings (SSSR count). The molecule has 0 unspecified atom stereocenters. The number of rotatable bonds is 6. The molecule has 0 aliphatic carbocycles. The van der Waals surface area contributed by atoms with E-state index in [1.807, 2.05) is 78.8 Å². The summed E-state index contributed by atoms with van der Waals surface area (Å²) in [4.78, 5) is 53.5. The van der Waals surface area contributed by atoms with E-state index in [1.54, 1.807) is 28.9 Å². The van der Waals surface area contributed by atoms with Crippen molar-refractivity contribution in [2.45, 2.75) is 66.6 Å². The molecule has 2 aliphatic rings. The Hall–Kier alpha value is -5.18. The number of halogens is 1. The fourth-order valence-electron chi connectivity index (χ4n) is 6.60. The molecule has 2 N–H and O–H groups in total. The van der Waals surface area contributed by atoms with Gasteiger partial charge in [0.2, 0.25) is 0 Å². The summed E-state index contributed by atoms with van der Waals surface area (Å²) in [5.74, 6) is 0. The van der Waals surface area contributed by atoms with Crippen LogP contribution in [-0.4, -0.2) is 115 Å². The lowest BCUT2D eigenvalue weighted by molar-refractivity contribution is 0.0230. The highest BCUT2D eigenvalue weighted by Gasteiger charge is 2.27. The standard InChI is InChI=1S/C23H28N2O3.C15H21BrN2O2.C8H9BO3/c1-17-15-18(16-26)5-10-21(17)19-6-8-20(9-7-19)24-11-13-25(14-12-24)22(27)28-23(2,3)4;1-15(2,3)20-14(19)18-10-8-17(9-11-18)13-6-4-12(16)5-7-13;1-6-4-7(5-10)2-3-8(6)9(11)12/h5-10,15-16H,11-14H2,1-4H3;4-7H,8-11H2,1-3H3;2-5,11-12H,1H3. The van der Waals surface area contributed by atoms with Crippen LogP contribution in [0.15, 0.2) is 89.4 Å². The summed E-state index contributed by atoms with van der Waals surface area (Å²) in [5.41, 5.74) is 7.16. The Morgan fingerprint density at radius 3 is 1.37 bits per heavy atom. The predicted octanol–water partition coefficient (Wildman–Crippen LogP) is 7.53. The normalized spacial score (nSPS) is 14.2. The highest BCUT2D eigenvalue weighted by molar-refractivity contribution is 9.10. The van der Waals surface area contributed by atoms with Gasteiger partial charge in [0.1, 0.15) is 23.8 Å². The van der Waals surface area contributed by atoms with Gasteiger partial charge in [-0.15, -0.1) is 0 Å². The van der Waals surface area contributed by atoms with Crippen LogP contribution >= 0.6 is 15.9 Å². The van der Waals surface area contributed by atoms with Gasteiger partial charge in [-0.2, -0.15) is 0 Å². The van der Waals surface area contributed by atoms with Gasteiger partial charge in [0, 0.05) is 79.3 Å². The van der Waals surface area contributed by atoms with Gasteiger partial charge in [0.25, 0.3) is 0 Å². The SMILES string of the molecule is CC(C)(C)OC(=O)N1CCN(c2ccc(Br)cc2)CC1.Cc1cc(C=O)ccc1-c1ccc(N2CCN(C(=O)OC(C)(C)C)CC2)cc1.Cc1cc(C=O)ccc1B(O)O. The van der Waals surface area contributed by atoms with Gasteiger partial charge in [-0.25, -0.2) is 9.59 Å². The second kappa shape index (κ2) is 21.4. The number of carbonyl (C=O) groups excluding carboxylic acids is 4. The summed E-state index contributed by atoms with van der Waals surface area (Å²) < 4.78 is 11.9. The molecule has 0 bridgehead atoms. The van der Waals surface area contributed by atoms with Crippen molar-refractivity contribution in [1.29, 1.82) is 0 Å². The van der Waals surface area contributed by atoms with Crippen molar-refractivity contribution in [2.75, 3.05) is 62.2 Å². The number of hydrogen-bond donors (Lipinski definition) is 2. The molecule has 14 heteroatoms. The molecule has 2 aliphatic heterocycles. The summed E-state index contributed by atoms with van der Waals surface area (Å²) in [7, 11) is -1.47. The molecule has 4 aromatic carbocycles. The summed E-state index contributed by atoms with van der Waals surface area (Å²) >= 11 is 3.44. The van der Waals surface area contributed by atoms with Crippen molar-refractivity contribution in [3.8, 4) is 11.1 Å². The van der Waals surface area contributed by atoms with Crippen LogP contribution < -0.4 is 15.3 Å². The van der Waals surface area contributed by atoms with E-state index < -0.39 is 18.3 Å². The van der Waals surface area contributed by atoms with Crippen molar-refractivity contribution in [2.24, 2.45) is 0 Å². The van der Waals surface area contributed by atoms with Gasteiger partial charge in [-0.3, -0.25) is 9.59 Å². The quantitative estimate of drug-likeness (QED) is 0.148. The number of nitrogens with zero attached hydrogens (tertiary/aromatic N) is 4. The molecule has 2 amide bonds. The predicted molar refractivity (Wildman–Crippen MR) is 243 cm³/mol. The Kier molecular flexibility index (Phi) is 16.9. The minimum Gasteiger partial charge on any atom is -0.444 e. The van der Waals surface area contributed by atoms with Gasteiger partial charge in [0.05, 0.1) is 0 Å². The molecule has 4 aromatic rings.